The molecule has 132 valence electrons. The second kappa shape index (κ2) is 7.08. The second-order valence-electron chi connectivity index (χ2n) is 5.19. The lowest BCUT2D eigenvalue weighted by molar-refractivity contribution is -0.195. The van der Waals surface area contributed by atoms with Crippen LogP contribution in [-0.2, 0) is 11.2 Å². The van der Waals surface area contributed by atoms with E-state index in [9.17, 15) is 27.5 Å². The molecule has 0 radical (unpaired) electrons. The molecule has 9 heteroatoms. The Labute approximate surface area is 135 Å². The van der Waals surface area contributed by atoms with Crippen LogP contribution in [0.3, 0.4) is 0 Å². The molecule has 1 amide bonds. The van der Waals surface area contributed by atoms with Crippen LogP contribution in [0.1, 0.15) is 18.9 Å². The van der Waals surface area contributed by atoms with Crippen LogP contribution in [0.4, 0.5) is 17.6 Å². The minimum Gasteiger partial charge on any atom is -0.494 e. The number of rotatable bonds is 5. The molecule has 1 aromatic rings. The molecule has 0 spiro atoms. The zero-order valence-corrected chi connectivity index (χ0v) is 12.7. The van der Waals surface area contributed by atoms with Crippen LogP contribution in [0.5, 0.6) is 5.75 Å². The molecule has 1 atom stereocenters. The molecule has 1 unspecified atom stereocenters. The average molecular weight is 348 g/mol. The standard InChI is InChI=1S/C15H16F4N2O3/c1-2-24-10-5-3-9(4-6-10)7-12(22)21-15(23,14(18)19)8-11(20-21)13(16)17/h3-6,14,20,23H,2,7-8H2,1H3. The van der Waals surface area contributed by atoms with Gasteiger partial charge in [-0.1, -0.05) is 12.1 Å². The van der Waals surface area contributed by atoms with Gasteiger partial charge >= 0.3 is 0 Å². The first kappa shape index (κ1) is 18.1. The van der Waals surface area contributed by atoms with E-state index in [2.05, 4.69) is 0 Å². The van der Waals surface area contributed by atoms with Gasteiger partial charge in [0.15, 0.2) is 0 Å². The first-order valence-corrected chi connectivity index (χ1v) is 7.14. The third-order valence-electron chi connectivity index (χ3n) is 3.49. The van der Waals surface area contributed by atoms with Gasteiger partial charge < -0.3 is 9.84 Å². The van der Waals surface area contributed by atoms with Crippen LogP contribution in [0.15, 0.2) is 36.0 Å². The predicted molar refractivity (Wildman–Crippen MR) is 76.1 cm³/mol. The fourth-order valence-corrected chi connectivity index (χ4v) is 2.30. The van der Waals surface area contributed by atoms with Crippen LogP contribution in [0.25, 0.3) is 0 Å². The molecule has 1 aromatic carbocycles. The largest absolute Gasteiger partial charge is 0.494 e. The van der Waals surface area contributed by atoms with E-state index in [4.69, 9.17) is 4.74 Å². The van der Waals surface area contributed by atoms with E-state index in [1.165, 1.54) is 0 Å². The number of nitrogens with one attached hydrogen (secondary N) is 1. The zero-order valence-electron chi connectivity index (χ0n) is 12.7. The van der Waals surface area contributed by atoms with E-state index >= 15 is 0 Å². The highest BCUT2D eigenvalue weighted by molar-refractivity contribution is 5.79. The third-order valence-corrected chi connectivity index (χ3v) is 3.49. The molecule has 0 bridgehead atoms. The van der Waals surface area contributed by atoms with E-state index in [0.717, 1.165) is 0 Å². The Kier molecular flexibility index (Phi) is 5.33. The van der Waals surface area contributed by atoms with Gasteiger partial charge in [0.25, 0.3) is 12.5 Å². The smallest absolute Gasteiger partial charge is 0.291 e. The highest BCUT2D eigenvalue weighted by Gasteiger charge is 2.53. The van der Waals surface area contributed by atoms with Gasteiger partial charge in [-0.25, -0.2) is 13.8 Å². The summed E-state index contributed by atoms with van der Waals surface area (Å²) >= 11 is 0. The van der Waals surface area contributed by atoms with E-state index < -0.39 is 36.3 Å². The van der Waals surface area contributed by atoms with Crippen LogP contribution >= 0.6 is 0 Å². The number of halogens is 4. The van der Waals surface area contributed by atoms with Crippen LogP contribution in [0, 0.1) is 0 Å². The molecule has 1 saturated heterocycles. The summed E-state index contributed by atoms with van der Waals surface area (Å²) in [6.45, 7) is 2.26. The number of carbonyl (C=O) groups excluding carboxylic acids is 1. The van der Waals surface area contributed by atoms with E-state index in [0.29, 0.717) is 17.9 Å². The molecular weight excluding hydrogens is 332 g/mol. The monoisotopic (exact) mass is 348 g/mol. The lowest BCUT2D eigenvalue weighted by Gasteiger charge is -2.31. The van der Waals surface area contributed by atoms with Crippen molar-refractivity contribution in [3.63, 3.8) is 0 Å². The Morgan fingerprint density at radius 1 is 1.38 bits per heavy atom. The maximum Gasteiger partial charge on any atom is 0.291 e. The predicted octanol–water partition coefficient (Wildman–Crippen LogP) is 2.43. The molecule has 0 aromatic heterocycles. The summed E-state index contributed by atoms with van der Waals surface area (Å²) in [6.07, 6.45) is -7.09. The third kappa shape index (κ3) is 3.61. The summed E-state index contributed by atoms with van der Waals surface area (Å²) in [5.41, 5.74) is -1.59. The van der Waals surface area contributed by atoms with Crippen molar-refractivity contribution in [3.8, 4) is 5.75 Å². The first-order valence-electron chi connectivity index (χ1n) is 7.14. The molecule has 1 aliphatic rings. The summed E-state index contributed by atoms with van der Waals surface area (Å²) < 4.78 is 56.7. The van der Waals surface area contributed by atoms with Crippen molar-refractivity contribution in [1.82, 2.24) is 10.4 Å². The maximum absolute atomic E-state index is 13.1. The fraction of sp³-hybridized carbons (Fsp3) is 0.400. The zero-order chi connectivity index (χ0) is 17.9. The topological polar surface area (TPSA) is 61.8 Å². The van der Waals surface area contributed by atoms with Crippen molar-refractivity contribution < 1.29 is 32.2 Å². The van der Waals surface area contributed by atoms with Gasteiger partial charge in [0.1, 0.15) is 11.4 Å². The number of amides is 1. The molecule has 1 fully saturated rings. The Hall–Kier alpha value is -2.29. The highest BCUT2D eigenvalue weighted by Crippen LogP contribution is 2.34. The maximum atomic E-state index is 13.1. The Bertz CT molecular complexity index is 632. The Morgan fingerprint density at radius 2 is 2.00 bits per heavy atom. The van der Waals surface area contributed by atoms with Gasteiger partial charge in [-0.05, 0) is 24.6 Å². The molecular formula is C15H16F4N2O3. The van der Waals surface area contributed by atoms with Gasteiger partial charge in [-0.3, -0.25) is 10.2 Å². The lowest BCUT2D eigenvalue weighted by Crippen LogP contribution is -2.56. The number of hydrogen-bond acceptors (Lipinski definition) is 4. The second-order valence-corrected chi connectivity index (χ2v) is 5.19. The quantitative estimate of drug-likeness (QED) is 0.803. The number of ether oxygens (including phenoxy) is 1. The van der Waals surface area contributed by atoms with Gasteiger partial charge in [0, 0.05) is 0 Å². The number of hydrazine groups is 1. The number of alkyl halides is 2. The Balaban J connectivity index is 2.16. The van der Waals surface area contributed by atoms with E-state index in [1.54, 1.807) is 31.2 Å². The summed E-state index contributed by atoms with van der Waals surface area (Å²) in [4.78, 5) is 12.2. The normalized spacial score (nSPS) is 20.3. The molecule has 2 N–H and O–H groups in total. The van der Waals surface area contributed by atoms with Crippen LogP contribution in [-0.4, -0.2) is 34.8 Å². The lowest BCUT2D eigenvalue weighted by atomic mass is 10.1. The van der Waals surface area contributed by atoms with Crippen molar-refractivity contribution in [2.45, 2.75) is 31.9 Å². The summed E-state index contributed by atoms with van der Waals surface area (Å²) in [7, 11) is 0. The van der Waals surface area contributed by atoms with Crippen molar-refractivity contribution >= 4 is 5.91 Å². The van der Waals surface area contributed by atoms with Crippen LogP contribution < -0.4 is 10.2 Å². The number of hydrogen-bond donors (Lipinski definition) is 2. The van der Waals surface area contributed by atoms with Crippen molar-refractivity contribution in [3.05, 3.63) is 41.6 Å². The number of carbonyl (C=O) groups is 1. The molecule has 24 heavy (non-hydrogen) atoms. The van der Waals surface area contributed by atoms with Gasteiger partial charge in [-0.2, -0.15) is 8.78 Å². The summed E-state index contributed by atoms with van der Waals surface area (Å²) in [5.74, 6) is -0.389. The number of nitrogens with zero attached hydrogens (tertiary/aromatic N) is 1. The number of benzene rings is 1. The minimum absolute atomic E-state index is 0.169. The SMILES string of the molecule is CCOc1ccc(CC(=O)N2NC(=C(F)F)CC2(O)C(F)F)cc1. The van der Waals surface area contributed by atoms with Gasteiger partial charge in [0.05, 0.1) is 19.4 Å². The number of aliphatic hydroxyl groups is 1. The minimum atomic E-state index is -3.41. The van der Waals surface area contributed by atoms with Crippen molar-refractivity contribution in [1.29, 1.82) is 0 Å². The van der Waals surface area contributed by atoms with Gasteiger partial charge in [-0.15, -0.1) is 0 Å². The van der Waals surface area contributed by atoms with Crippen molar-refractivity contribution in [2.75, 3.05) is 6.61 Å². The van der Waals surface area contributed by atoms with Crippen molar-refractivity contribution in [2.24, 2.45) is 0 Å². The fourth-order valence-electron chi connectivity index (χ4n) is 2.30. The molecule has 1 heterocycles. The molecule has 1 aliphatic heterocycles. The Morgan fingerprint density at radius 3 is 2.50 bits per heavy atom. The van der Waals surface area contributed by atoms with Gasteiger partial charge in [0.2, 0.25) is 11.6 Å². The first-order chi connectivity index (χ1) is 11.3. The average Bonchev–Trinajstić information content (AvgIpc) is 2.89. The van der Waals surface area contributed by atoms with E-state index in [1.807, 2.05) is 5.43 Å². The molecule has 0 aliphatic carbocycles. The van der Waals surface area contributed by atoms with Crippen LogP contribution in [0.2, 0.25) is 0 Å². The van der Waals surface area contributed by atoms with E-state index in [-0.39, 0.29) is 11.4 Å². The highest BCUT2D eigenvalue weighted by atomic mass is 19.3. The molecule has 2 rings (SSSR count). The summed E-state index contributed by atoms with van der Waals surface area (Å²) in [5, 5.41) is 10.1. The summed E-state index contributed by atoms with van der Waals surface area (Å²) in [6, 6.07) is 6.28. The molecule has 0 saturated carbocycles. The molecule has 5 nitrogen and oxygen atoms in total.